The van der Waals surface area contributed by atoms with E-state index in [1.165, 1.54) is 12.1 Å². The van der Waals surface area contributed by atoms with Gasteiger partial charge in [-0.3, -0.25) is 14.9 Å². The van der Waals surface area contributed by atoms with Crippen molar-refractivity contribution in [2.24, 2.45) is 5.41 Å². The first-order valence-corrected chi connectivity index (χ1v) is 11.7. The van der Waals surface area contributed by atoms with Crippen LogP contribution in [0.1, 0.15) is 38.6 Å². The van der Waals surface area contributed by atoms with Gasteiger partial charge in [0.2, 0.25) is 17.6 Å². The molecule has 0 aliphatic rings. The van der Waals surface area contributed by atoms with Crippen molar-refractivity contribution in [2.75, 3.05) is 27.3 Å². The highest BCUT2D eigenvalue weighted by Crippen LogP contribution is 2.28. The zero-order valence-corrected chi connectivity index (χ0v) is 21.3. The molecule has 10 nitrogen and oxygen atoms in total. The van der Waals surface area contributed by atoms with Crippen LogP contribution in [-0.4, -0.2) is 53.2 Å². The molecule has 0 aliphatic heterocycles. The Bertz CT molecular complexity index is 1200. The number of hydrogen-bond donors (Lipinski definition) is 0. The van der Waals surface area contributed by atoms with Gasteiger partial charge in [-0.15, -0.1) is 0 Å². The number of amides is 1. The lowest BCUT2D eigenvalue weighted by Gasteiger charge is -2.26. The van der Waals surface area contributed by atoms with Gasteiger partial charge in [0.15, 0.2) is 11.5 Å². The Kier molecular flexibility index (Phi) is 8.63. The number of hydrogen-bond acceptors (Lipinski definition) is 8. The summed E-state index contributed by atoms with van der Waals surface area (Å²) in [6, 6.07) is 11.8. The molecular formula is C26H32N4O6. The Morgan fingerprint density at radius 2 is 1.78 bits per heavy atom. The highest BCUT2D eigenvalue weighted by atomic mass is 16.6. The van der Waals surface area contributed by atoms with Gasteiger partial charge >= 0.3 is 0 Å². The SMILES string of the molecule is COc1ccc(CCN(CCc2nc(-c3cccc([N+](=O)[O-])c3)no2)C(=O)CC(C)(C)C)cc1OC. The normalized spacial score (nSPS) is 11.2. The maximum absolute atomic E-state index is 13.1. The number of nitrogens with zero attached hydrogens (tertiary/aromatic N) is 4. The molecule has 0 aliphatic carbocycles. The minimum absolute atomic E-state index is 0.0430. The molecule has 3 aromatic rings. The Morgan fingerprint density at radius 1 is 1.06 bits per heavy atom. The topological polar surface area (TPSA) is 121 Å². The third kappa shape index (κ3) is 7.27. The lowest BCUT2D eigenvalue weighted by Crippen LogP contribution is -2.36. The summed E-state index contributed by atoms with van der Waals surface area (Å²) in [6.07, 6.45) is 1.41. The molecule has 0 spiro atoms. The highest BCUT2D eigenvalue weighted by molar-refractivity contribution is 5.76. The van der Waals surface area contributed by atoms with E-state index in [0.717, 1.165) is 5.56 Å². The molecule has 1 heterocycles. The zero-order valence-electron chi connectivity index (χ0n) is 21.3. The Labute approximate surface area is 210 Å². The van der Waals surface area contributed by atoms with Gasteiger partial charge in [0.05, 0.1) is 19.1 Å². The van der Waals surface area contributed by atoms with Gasteiger partial charge in [0, 0.05) is 43.6 Å². The first-order chi connectivity index (χ1) is 17.1. The summed E-state index contributed by atoms with van der Waals surface area (Å²) in [5.74, 6) is 1.96. The van der Waals surface area contributed by atoms with Crippen LogP contribution in [0.5, 0.6) is 11.5 Å². The molecule has 0 atom stereocenters. The smallest absolute Gasteiger partial charge is 0.270 e. The van der Waals surface area contributed by atoms with Crippen LogP contribution >= 0.6 is 0 Å². The average Bonchev–Trinajstić information content (AvgIpc) is 3.31. The second-order valence-corrected chi connectivity index (χ2v) is 9.63. The van der Waals surface area contributed by atoms with Gasteiger partial charge < -0.3 is 18.9 Å². The first kappa shape index (κ1) is 26.7. The van der Waals surface area contributed by atoms with Crippen LogP contribution in [0.2, 0.25) is 0 Å². The standard InChI is InChI=1S/C26H32N4O6/c1-26(2,3)17-24(31)29(13-11-18-9-10-21(34-4)22(15-18)35-5)14-12-23-27-25(28-36-23)19-7-6-8-20(16-19)30(32)33/h6-10,15-16H,11-14,17H2,1-5H3. The summed E-state index contributed by atoms with van der Waals surface area (Å²) in [4.78, 5) is 29.9. The summed E-state index contributed by atoms with van der Waals surface area (Å²) in [5.41, 5.74) is 1.31. The fourth-order valence-electron chi connectivity index (χ4n) is 3.69. The molecular weight excluding hydrogens is 464 g/mol. The third-order valence-corrected chi connectivity index (χ3v) is 5.53. The van der Waals surface area contributed by atoms with Crippen molar-refractivity contribution in [1.82, 2.24) is 15.0 Å². The number of ether oxygens (including phenoxy) is 2. The first-order valence-electron chi connectivity index (χ1n) is 11.7. The van der Waals surface area contributed by atoms with E-state index in [9.17, 15) is 14.9 Å². The molecule has 0 unspecified atom stereocenters. The van der Waals surface area contributed by atoms with Crippen molar-refractivity contribution >= 4 is 11.6 Å². The molecule has 0 fully saturated rings. The number of rotatable bonds is 11. The molecule has 0 bridgehead atoms. The van der Waals surface area contributed by atoms with E-state index in [0.29, 0.717) is 55.3 Å². The van der Waals surface area contributed by atoms with Gasteiger partial charge in [0.25, 0.3) is 5.69 Å². The molecule has 0 N–H and O–H groups in total. The Balaban J connectivity index is 1.71. The average molecular weight is 497 g/mol. The van der Waals surface area contributed by atoms with E-state index >= 15 is 0 Å². The molecule has 36 heavy (non-hydrogen) atoms. The van der Waals surface area contributed by atoms with Gasteiger partial charge in [-0.25, -0.2) is 0 Å². The van der Waals surface area contributed by atoms with Gasteiger partial charge in [-0.05, 0) is 29.5 Å². The van der Waals surface area contributed by atoms with Crippen molar-refractivity contribution in [3.05, 3.63) is 64.0 Å². The summed E-state index contributed by atoms with van der Waals surface area (Å²) in [6.45, 7) is 7.00. The molecule has 0 saturated heterocycles. The predicted octanol–water partition coefficient (Wildman–Crippen LogP) is 4.71. The lowest BCUT2D eigenvalue weighted by molar-refractivity contribution is -0.384. The summed E-state index contributed by atoms with van der Waals surface area (Å²) >= 11 is 0. The fraction of sp³-hybridized carbons (Fsp3) is 0.423. The van der Waals surface area contributed by atoms with Crippen LogP contribution in [0.25, 0.3) is 11.4 Å². The molecule has 1 aromatic heterocycles. The second kappa shape index (κ2) is 11.7. The van der Waals surface area contributed by atoms with Crippen molar-refractivity contribution in [3.63, 3.8) is 0 Å². The predicted molar refractivity (Wildman–Crippen MR) is 134 cm³/mol. The van der Waals surface area contributed by atoms with E-state index in [-0.39, 0.29) is 22.8 Å². The van der Waals surface area contributed by atoms with E-state index in [1.54, 1.807) is 31.3 Å². The Morgan fingerprint density at radius 3 is 2.44 bits per heavy atom. The second-order valence-electron chi connectivity index (χ2n) is 9.63. The molecule has 10 heteroatoms. The number of carbonyl (C=O) groups excluding carboxylic acids is 1. The number of carbonyl (C=O) groups is 1. The number of nitro benzene ring substituents is 1. The largest absolute Gasteiger partial charge is 0.493 e. The molecule has 2 aromatic carbocycles. The Hall–Kier alpha value is -3.95. The molecule has 0 radical (unpaired) electrons. The zero-order chi connectivity index (χ0) is 26.3. The summed E-state index contributed by atoms with van der Waals surface area (Å²) in [7, 11) is 3.18. The van der Waals surface area contributed by atoms with Crippen molar-refractivity contribution in [3.8, 4) is 22.9 Å². The lowest BCUT2D eigenvalue weighted by atomic mass is 9.91. The number of nitro groups is 1. The maximum atomic E-state index is 13.1. The van der Waals surface area contributed by atoms with Gasteiger partial charge in [0.1, 0.15) is 0 Å². The minimum Gasteiger partial charge on any atom is -0.493 e. The molecule has 0 saturated carbocycles. The summed E-state index contributed by atoms with van der Waals surface area (Å²) < 4.78 is 16.1. The van der Waals surface area contributed by atoms with Crippen LogP contribution in [0.4, 0.5) is 5.69 Å². The van der Waals surface area contributed by atoms with Gasteiger partial charge in [-0.1, -0.05) is 44.1 Å². The van der Waals surface area contributed by atoms with Gasteiger partial charge in [-0.2, -0.15) is 4.98 Å². The number of methoxy groups -OCH3 is 2. The number of non-ortho nitro benzene ring substituents is 1. The number of aromatic nitrogens is 2. The summed E-state index contributed by atoms with van der Waals surface area (Å²) in [5, 5.41) is 15.0. The minimum atomic E-state index is -0.471. The van der Waals surface area contributed by atoms with Crippen LogP contribution in [-0.2, 0) is 17.6 Å². The molecule has 1 amide bonds. The van der Waals surface area contributed by atoms with Crippen molar-refractivity contribution in [2.45, 2.75) is 40.0 Å². The highest BCUT2D eigenvalue weighted by Gasteiger charge is 2.22. The quantitative estimate of drug-likeness (QED) is 0.276. The van der Waals surface area contributed by atoms with E-state index in [2.05, 4.69) is 10.1 Å². The van der Waals surface area contributed by atoms with Crippen LogP contribution in [0, 0.1) is 15.5 Å². The van der Waals surface area contributed by atoms with Crippen molar-refractivity contribution < 1.29 is 23.7 Å². The van der Waals surface area contributed by atoms with Crippen LogP contribution in [0.15, 0.2) is 47.0 Å². The monoisotopic (exact) mass is 496 g/mol. The maximum Gasteiger partial charge on any atom is 0.270 e. The van der Waals surface area contributed by atoms with Crippen molar-refractivity contribution in [1.29, 1.82) is 0 Å². The molecule has 192 valence electrons. The molecule has 3 rings (SSSR count). The van der Waals surface area contributed by atoms with E-state index in [4.69, 9.17) is 14.0 Å². The number of benzene rings is 2. The van der Waals surface area contributed by atoms with Crippen LogP contribution in [0.3, 0.4) is 0 Å². The van der Waals surface area contributed by atoms with E-state index < -0.39 is 4.92 Å². The third-order valence-electron chi connectivity index (χ3n) is 5.53. The fourth-order valence-corrected chi connectivity index (χ4v) is 3.69. The van der Waals surface area contributed by atoms with Crippen LogP contribution < -0.4 is 9.47 Å². The van der Waals surface area contributed by atoms with E-state index in [1.807, 2.05) is 39.0 Å².